The molecule has 0 atom stereocenters. The number of fused-ring (bicyclic) bond motifs is 1. The minimum Gasteiger partial charge on any atom is -0.295 e. The second kappa shape index (κ2) is 6.69. The van der Waals surface area contributed by atoms with Gasteiger partial charge < -0.3 is 0 Å². The molecular formula is C15H12ClN5O3S. The van der Waals surface area contributed by atoms with Gasteiger partial charge in [0.2, 0.25) is 5.13 Å². The third kappa shape index (κ3) is 3.42. The molecule has 1 amide bonds. The summed E-state index contributed by atoms with van der Waals surface area (Å²) in [6.07, 6.45) is 1.35. The number of carbonyl (C=O) groups is 1. The summed E-state index contributed by atoms with van der Waals surface area (Å²) in [5.41, 5.74) is -0.152. The Kier molecular flexibility index (Phi) is 4.60. The van der Waals surface area contributed by atoms with E-state index < -0.39 is 10.8 Å². The van der Waals surface area contributed by atoms with Gasteiger partial charge in [-0.05, 0) is 12.1 Å². The van der Waals surface area contributed by atoms with Crippen LogP contribution in [0.2, 0.25) is 5.02 Å². The normalized spacial score (nSPS) is 11.0. The molecule has 0 aliphatic carbocycles. The summed E-state index contributed by atoms with van der Waals surface area (Å²) in [4.78, 5) is 27.3. The van der Waals surface area contributed by atoms with Crippen LogP contribution < -0.4 is 5.32 Å². The van der Waals surface area contributed by atoms with Crippen molar-refractivity contribution in [1.82, 2.24) is 15.2 Å². The van der Waals surface area contributed by atoms with Crippen LogP contribution in [0.3, 0.4) is 0 Å². The molecule has 128 valence electrons. The first-order chi connectivity index (χ1) is 11.9. The van der Waals surface area contributed by atoms with Crippen LogP contribution >= 0.6 is 22.9 Å². The zero-order valence-corrected chi connectivity index (χ0v) is 14.8. The first kappa shape index (κ1) is 17.2. The van der Waals surface area contributed by atoms with E-state index in [9.17, 15) is 14.9 Å². The largest absolute Gasteiger partial charge is 0.295 e. The predicted molar refractivity (Wildman–Crippen MR) is 95.4 cm³/mol. The van der Waals surface area contributed by atoms with Crippen molar-refractivity contribution in [1.29, 1.82) is 0 Å². The Morgan fingerprint density at radius 2 is 2.08 bits per heavy atom. The van der Waals surface area contributed by atoms with Gasteiger partial charge in [-0.1, -0.05) is 36.8 Å². The number of nitro groups is 1. The molecule has 0 aliphatic heterocycles. The third-order valence-corrected chi connectivity index (χ3v) is 4.75. The smallest absolute Gasteiger partial charge is 0.278 e. The van der Waals surface area contributed by atoms with Crippen molar-refractivity contribution in [2.75, 3.05) is 5.32 Å². The van der Waals surface area contributed by atoms with E-state index in [2.05, 4.69) is 20.5 Å². The summed E-state index contributed by atoms with van der Waals surface area (Å²) in [5.74, 6) is -0.339. The number of benzene rings is 1. The van der Waals surface area contributed by atoms with Gasteiger partial charge in [0.05, 0.1) is 10.3 Å². The predicted octanol–water partition coefficient (Wildman–Crippen LogP) is 4.02. The Bertz CT molecular complexity index is 988. The van der Waals surface area contributed by atoms with Crippen LogP contribution in [0.25, 0.3) is 10.8 Å². The van der Waals surface area contributed by atoms with Gasteiger partial charge >= 0.3 is 0 Å². The summed E-state index contributed by atoms with van der Waals surface area (Å²) in [6, 6.07) is 4.19. The molecule has 25 heavy (non-hydrogen) atoms. The number of halogens is 1. The molecule has 10 heteroatoms. The fourth-order valence-corrected chi connectivity index (χ4v) is 3.19. The van der Waals surface area contributed by atoms with Gasteiger partial charge in [-0.2, -0.15) is 0 Å². The van der Waals surface area contributed by atoms with E-state index in [0.717, 1.165) is 5.01 Å². The van der Waals surface area contributed by atoms with E-state index in [1.165, 1.54) is 35.7 Å². The number of rotatable bonds is 4. The summed E-state index contributed by atoms with van der Waals surface area (Å²) < 4.78 is 0. The van der Waals surface area contributed by atoms with Crippen molar-refractivity contribution < 1.29 is 9.72 Å². The van der Waals surface area contributed by atoms with E-state index in [1.807, 2.05) is 13.8 Å². The van der Waals surface area contributed by atoms with Crippen LogP contribution in [0.5, 0.6) is 0 Å². The lowest BCUT2D eigenvalue weighted by Gasteiger charge is -2.06. The highest BCUT2D eigenvalue weighted by Gasteiger charge is 2.20. The highest BCUT2D eigenvalue weighted by atomic mass is 35.5. The second-order valence-corrected chi connectivity index (χ2v) is 6.94. The highest BCUT2D eigenvalue weighted by Crippen LogP contribution is 2.31. The molecule has 2 aromatic heterocycles. The molecular weight excluding hydrogens is 366 g/mol. The molecule has 0 aliphatic rings. The Hall–Kier alpha value is -2.65. The van der Waals surface area contributed by atoms with Crippen LogP contribution in [0, 0.1) is 10.1 Å². The average Bonchev–Trinajstić information content (AvgIpc) is 3.02. The van der Waals surface area contributed by atoms with Crippen molar-refractivity contribution in [2.24, 2.45) is 0 Å². The van der Waals surface area contributed by atoms with Crippen LogP contribution in [0.15, 0.2) is 24.4 Å². The quantitative estimate of drug-likeness (QED) is 0.542. The minimum atomic E-state index is -0.546. The van der Waals surface area contributed by atoms with Gasteiger partial charge in [0.15, 0.2) is 0 Å². The fraction of sp³-hybridized carbons (Fsp3) is 0.200. The Morgan fingerprint density at radius 1 is 1.32 bits per heavy atom. The zero-order valence-electron chi connectivity index (χ0n) is 13.2. The lowest BCUT2D eigenvalue weighted by Crippen LogP contribution is -2.14. The standard InChI is InChI=1S/C15H12ClN5O3S/c1-7(2)14-19-20-15(25-14)18-13(22)12-10-5-8(16)6-11(21(23)24)9(10)3-4-17-12/h3-7H,1-2H3,(H,18,20,22). The molecule has 3 rings (SSSR count). The molecule has 0 spiro atoms. The maximum Gasteiger partial charge on any atom is 0.278 e. The van der Waals surface area contributed by atoms with Gasteiger partial charge in [0.25, 0.3) is 11.6 Å². The molecule has 0 fully saturated rings. The number of carbonyl (C=O) groups excluding carboxylic acids is 1. The Balaban J connectivity index is 2.02. The summed E-state index contributed by atoms with van der Waals surface area (Å²) in [6.45, 7) is 3.94. The van der Waals surface area contributed by atoms with Crippen LogP contribution in [-0.4, -0.2) is 26.0 Å². The van der Waals surface area contributed by atoms with Gasteiger partial charge in [0, 0.05) is 28.6 Å². The topological polar surface area (TPSA) is 111 Å². The van der Waals surface area contributed by atoms with E-state index in [-0.39, 0.29) is 27.7 Å². The van der Waals surface area contributed by atoms with Crippen LogP contribution in [0.1, 0.15) is 35.3 Å². The lowest BCUT2D eigenvalue weighted by molar-refractivity contribution is -0.383. The zero-order chi connectivity index (χ0) is 18.1. The number of nitrogens with zero attached hydrogens (tertiary/aromatic N) is 4. The number of amides is 1. The number of anilines is 1. The molecule has 0 saturated carbocycles. The minimum absolute atomic E-state index is 0.0318. The maximum absolute atomic E-state index is 12.6. The van der Waals surface area contributed by atoms with Crippen molar-refractivity contribution in [3.05, 3.63) is 50.2 Å². The first-order valence-electron chi connectivity index (χ1n) is 7.24. The molecule has 0 saturated heterocycles. The number of aromatic nitrogens is 3. The van der Waals surface area contributed by atoms with E-state index in [4.69, 9.17) is 11.6 Å². The molecule has 2 heterocycles. The van der Waals surface area contributed by atoms with E-state index in [1.54, 1.807) is 0 Å². The van der Waals surface area contributed by atoms with Gasteiger partial charge in [0.1, 0.15) is 10.7 Å². The number of pyridine rings is 1. The molecule has 1 aromatic carbocycles. The fourth-order valence-electron chi connectivity index (χ4n) is 2.24. The highest BCUT2D eigenvalue weighted by molar-refractivity contribution is 7.15. The number of hydrogen-bond acceptors (Lipinski definition) is 7. The van der Waals surface area contributed by atoms with Gasteiger partial charge in [-0.3, -0.25) is 25.2 Å². The molecule has 0 unspecified atom stereocenters. The van der Waals surface area contributed by atoms with Crippen molar-refractivity contribution in [2.45, 2.75) is 19.8 Å². The van der Waals surface area contributed by atoms with Crippen molar-refractivity contribution in [3.8, 4) is 0 Å². The van der Waals surface area contributed by atoms with Crippen molar-refractivity contribution in [3.63, 3.8) is 0 Å². The number of nitrogens with one attached hydrogen (secondary N) is 1. The molecule has 0 radical (unpaired) electrons. The summed E-state index contributed by atoms with van der Waals surface area (Å²) in [7, 11) is 0. The van der Waals surface area contributed by atoms with Gasteiger partial charge in [-0.15, -0.1) is 10.2 Å². The first-order valence-corrected chi connectivity index (χ1v) is 8.43. The Morgan fingerprint density at radius 3 is 2.72 bits per heavy atom. The molecule has 0 bridgehead atoms. The van der Waals surface area contributed by atoms with Crippen LogP contribution in [-0.2, 0) is 0 Å². The van der Waals surface area contributed by atoms with Crippen LogP contribution in [0.4, 0.5) is 10.8 Å². The number of non-ortho nitro benzene ring substituents is 1. The lowest BCUT2D eigenvalue weighted by atomic mass is 10.1. The SMILES string of the molecule is CC(C)c1nnc(NC(=O)c2nccc3c([N+](=O)[O-])cc(Cl)cc23)s1. The number of nitro benzene ring substituents is 1. The van der Waals surface area contributed by atoms with E-state index >= 15 is 0 Å². The maximum atomic E-state index is 12.6. The third-order valence-electron chi connectivity index (χ3n) is 3.39. The molecule has 1 N–H and O–H groups in total. The summed E-state index contributed by atoms with van der Waals surface area (Å²) >= 11 is 7.22. The number of hydrogen-bond donors (Lipinski definition) is 1. The molecule has 3 aromatic rings. The van der Waals surface area contributed by atoms with E-state index in [0.29, 0.717) is 10.5 Å². The second-order valence-electron chi connectivity index (χ2n) is 5.49. The molecule has 8 nitrogen and oxygen atoms in total. The van der Waals surface area contributed by atoms with Gasteiger partial charge in [-0.25, -0.2) is 0 Å². The average molecular weight is 378 g/mol. The monoisotopic (exact) mass is 377 g/mol. The van der Waals surface area contributed by atoms with Crippen molar-refractivity contribution >= 4 is 50.4 Å². The summed E-state index contributed by atoms with van der Waals surface area (Å²) in [5, 5.41) is 23.6. The Labute approximate surface area is 151 Å².